The fourth-order valence-electron chi connectivity index (χ4n) is 1.68. The Bertz CT molecular complexity index is 153. The third kappa shape index (κ3) is 3.10. The molecule has 1 rings (SSSR count). The highest BCUT2D eigenvalue weighted by atomic mass is 16.3. The van der Waals surface area contributed by atoms with Crippen LogP contribution in [0.15, 0.2) is 12.7 Å². The summed E-state index contributed by atoms with van der Waals surface area (Å²) in [6, 6.07) is 0. The molecule has 0 aromatic carbocycles. The van der Waals surface area contributed by atoms with Gasteiger partial charge in [-0.1, -0.05) is 13.0 Å². The van der Waals surface area contributed by atoms with Crippen LogP contribution in [0.5, 0.6) is 0 Å². The molecule has 0 bridgehead atoms. The maximum absolute atomic E-state index is 9.59. The standard InChI is InChI=1S/C10H20N2O/c1-3-5-11-6-8-12(9-7-11)10(13)4-2/h3,10,13H,1,4-9H2,2H3. The van der Waals surface area contributed by atoms with Gasteiger partial charge in [-0.05, 0) is 6.42 Å². The zero-order chi connectivity index (χ0) is 9.68. The van der Waals surface area contributed by atoms with Gasteiger partial charge in [0.2, 0.25) is 0 Å². The Kier molecular flexibility index (Phi) is 4.42. The minimum absolute atomic E-state index is 0.245. The fraction of sp³-hybridized carbons (Fsp3) is 0.800. The summed E-state index contributed by atoms with van der Waals surface area (Å²) < 4.78 is 0. The average Bonchev–Trinajstić information content (AvgIpc) is 2.18. The third-order valence-electron chi connectivity index (χ3n) is 2.58. The van der Waals surface area contributed by atoms with Gasteiger partial charge in [0.05, 0.1) is 0 Å². The Morgan fingerprint density at radius 3 is 2.46 bits per heavy atom. The van der Waals surface area contributed by atoms with E-state index < -0.39 is 0 Å². The van der Waals surface area contributed by atoms with Crippen LogP contribution in [-0.4, -0.2) is 53.9 Å². The predicted molar refractivity (Wildman–Crippen MR) is 54.5 cm³/mol. The van der Waals surface area contributed by atoms with Crippen LogP contribution < -0.4 is 0 Å². The average molecular weight is 184 g/mol. The number of hydrogen-bond acceptors (Lipinski definition) is 3. The van der Waals surface area contributed by atoms with Crippen LogP contribution in [0.4, 0.5) is 0 Å². The summed E-state index contributed by atoms with van der Waals surface area (Å²) >= 11 is 0. The Labute approximate surface area is 80.6 Å². The smallest absolute Gasteiger partial charge is 0.107 e. The van der Waals surface area contributed by atoms with Crippen molar-refractivity contribution in [2.45, 2.75) is 19.6 Å². The molecule has 3 heteroatoms. The van der Waals surface area contributed by atoms with E-state index in [0.717, 1.165) is 39.1 Å². The quantitative estimate of drug-likeness (QED) is 0.645. The van der Waals surface area contributed by atoms with Crippen LogP contribution >= 0.6 is 0 Å². The van der Waals surface area contributed by atoms with Crippen molar-refractivity contribution >= 4 is 0 Å². The minimum Gasteiger partial charge on any atom is -0.378 e. The molecule has 1 aliphatic rings. The van der Waals surface area contributed by atoms with Crippen LogP contribution in [0, 0.1) is 0 Å². The molecule has 1 fully saturated rings. The number of hydrogen-bond donors (Lipinski definition) is 1. The minimum atomic E-state index is -0.245. The summed E-state index contributed by atoms with van der Waals surface area (Å²) in [7, 11) is 0. The first-order valence-corrected chi connectivity index (χ1v) is 5.03. The van der Waals surface area contributed by atoms with Gasteiger partial charge < -0.3 is 5.11 Å². The van der Waals surface area contributed by atoms with Crippen LogP contribution in [0.2, 0.25) is 0 Å². The molecular weight excluding hydrogens is 164 g/mol. The van der Waals surface area contributed by atoms with E-state index in [-0.39, 0.29) is 6.23 Å². The predicted octanol–water partition coefficient (Wildman–Crippen LogP) is 0.518. The monoisotopic (exact) mass is 184 g/mol. The van der Waals surface area contributed by atoms with Gasteiger partial charge >= 0.3 is 0 Å². The first kappa shape index (κ1) is 10.7. The molecule has 0 aromatic rings. The van der Waals surface area contributed by atoms with Gasteiger partial charge in [0.25, 0.3) is 0 Å². The van der Waals surface area contributed by atoms with Crippen molar-refractivity contribution in [3.05, 3.63) is 12.7 Å². The lowest BCUT2D eigenvalue weighted by Crippen LogP contribution is -2.50. The van der Waals surface area contributed by atoms with Crippen LogP contribution in [0.1, 0.15) is 13.3 Å². The fourth-order valence-corrected chi connectivity index (χ4v) is 1.68. The van der Waals surface area contributed by atoms with Gasteiger partial charge in [-0.3, -0.25) is 9.80 Å². The van der Waals surface area contributed by atoms with Crippen LogP contribution in [0.25, 0.3) is 0 Å². The highest BCUT2D eigenvalue weighted by molar-refractivity contribution is 4.79. The van der Waals surface area contributed by atoms with Crippen molar-refractivity contribution in [1.82, 2.24) is 9.80 Å². The topological polar surface area (TPSA) is 26.7 Å². The molecule has 3 nitrogen and oxygen atoms in total. The lowest BCUT2D eigenvalue weighted by atomic mass is 10.2. The molecular formula is C10H20N2O. The summed E-state index contributed by atoms with van der Waals surface area (Å²) in [6.07, 6.45) is 2.51. The first-order chi connectivity index (χ1) is 6.27. The van der Waals surface area contributed by atoms with E-state index in [1.54, 1.807) is 0 Å². The summed E-state index contributed by atoms with van der Waals surface area (Å²) in [5.41, 5.74) is 0. The van der Waals surface area contributed by atoms with Crippen molar-refractivity contribution in [3.63, 3.8) is 0 Å². The third-order valence-corrected chi connectivity index (χ3v) is 2.58. The molecule has 1 aliphatic heterocycles. The normalized spacial score (nSPS) is 22.9. The SMILES string of the molecule is C=CCN1CCN(C(O)CC)CC1. The zero-order valence-corrected chi connectivity index (χ0v) is 8.45. The number of aliphatic hydroxyl groups excluding tert-OH is 1. The van der Waals surface area contributed by atoms with Gasteiger partial charge in [-0.2, -0.15) is 0 Å². The summed E-state index contributed by atoms with van der Waals surface area (Å²) in [6.45, 7) is 10.7. The van der Waals surface area contributed by atoms with Crippen molar-refractivity contribution in [1.29, 1.82) is 0 Å². The summed E-state index contributed by atoms with van der Waals surface area (Å²) in [5.74, 6) is 0. The van der Waals surface area contributed by atoms with E-state index in [4.69, 9.17) is 0 Å². The Balaban J connectivity index is 2.25. The molecule has 0 aromatic heterocycles. The maximum Gasteiger partial charge on any atom is 0.107 e. The Morgan fingerprint density at radius 2 is 2.00 bits per heavy atom. The molecule has 1 heterocycles. The van der Waals surface area contributed by atoms with E-state index >= 15 is 0 Å². The Hall–Kier alpha value is -0.380. The number of piperazine rings is 1. The molecule has 1 atom stereocenters. The van der Waals surface area contributed by atoms with Gasteiger partial charge in [-0.15, -0.1) is 6.58 Å². The second kappa shape index (κ2) is 5.37. The zero-order valence-electron chi connectivity index (χ0n) is 8.45. The number of rotatable bonds is 4. The molecule has 0 amide bonds. The molecule has 1 unspecified atom stereocenters. The van der Waals surface area contributed by atoms with Crippen molar-refractivity contribution in [2.24, 2.45) is 0 Å². The first-order valence-electron chi connectivity index (χ1n) is 5.03. The van der Waals surface area contributed by atoms with Crippen molar-refractivity contribution < 1.29 is 5.11 Å². The molecule has 1 N–H and O–H groups in total. The highest BCUT2D eigenvalue weighted by Crippen LogP contribution is 2.06. The van der Waals surface area contributed by atoms with E-state index in [1.165, 1.54) is 0 Å². The molecule has 76 valence electrons. The number of aliphatic hydroxyl groups is 1. The second-order valence-electron chi connectivity index (χ2n) is 3.51. The molecule has 0 spiro atoms. The molecule has 1 saturated heterocycles. The second-order valence-corrected chi connectivity index (χ2v) is 3.51. The van der Waals surface area contributed by atoms with Crippen molar-refractivity contribution in [3.8, 4) is 0 Å². The van der Waals surface area contributed by atoms with E-state index in [2.05, 4.69) is 16.4 Å². The van der Waals surface area contributed by atoms with Crippen LogP contribution in [0.3, 0.4) is 0 Å². The lowest BCUT2D eigenvalue weighted by Gasteiger charge is -2.36. The van der Waals surface area contributed by atoms with Gasteiger partial charge in [0, 0.05) is 32.7 Å². The molecule has 13 heavy (non-hydrogen) atoms. The molecule has 0 aliphatic carbocycles. The van der Waals surface area contributed by atoms with E-state index in [0.29, 0.717) is 0 Å². The lowest BCUT2D eigenvalue weighted by molar-refractivity contribution is -0.0250. The summed E-state index contributed by atoms with van der Waals surface area (Å²) in [5, 5.41) is 9.59. The molecule has 0 saturated carbocycles. The maximum atomic E-state index is 9.59. The Morgan fingerprint density at radius 1 is 1.38 bits per heavy atom. The van der Waals surface area contributed by atoms with Gasteiger partial charge in [0.15, 0.2) is 0 Å². The van der Waals surface area contributed by atoms with E-state index in [9.17, 15) is 5.11 Å². The summed E-state index contributed by atoms with van der Waals surface area (Å²) in [4.78, 5) is 4.49. The largest absolute Gasteiger partial charge is 0.378 e. The van der Waals surface area contributed by atoms with Gasteiger partial charge in [-0.25, -0.2) is 0 Å². The van der Waals surface area contributed by atoms with E-state index in [1.807, 2.05) is 13.0 Å². The van der Waals surface area contributed by atoms with Crippen molar-refractivity contribution in [2.75, 3.05) is 32.7 Å². The van der Waals surface area contributed by atoms with Crippen LogP contribution in [-0.2, 0) is 0 Å². The number of nitrogens with zero attached hydrogens (tertiary/aromatic N) is 2. The van der Waals surface area contributed by atoms with Gasteiger partial charge in [0.1, 0.15) is 6.23 Å². The highest BCUT2D eigenvalue weighted by Gasteiger charge is 2.19. The molecule has 0 radical (unpaired) electrons.